The molecule has 1 aliphatic rings. The highest BCUT2D eigenvalue weighted by Gasteiger charge is 2.32. The number of aliphatic hydroxyl groups is 1. The zero-order chi connectivity index (χ0) is 9.26. The third-order valence-electron chi connectivity index (χ3n) is 2.53. The van der Waals surface area contributed by atoms with E-state index in [9.17, 15) is 5.11 Å². The van der Waals surface area contributed by atoms with Crippen LogP contribution in [-0.2, 0) is 0 Å². The van der Waals surface area contributed by atoms with Crippen molar-refractivity contribution in [3.8, 4) is 5.75 Å². The Labute approximate surface area is 78.2 Å². The molecule has 0 unspecified atom stereocenters. The van der Waals surface area contributed by atoms with Crippen LogP contribution in [0.5, 0.6) is 5.75 Å². The zero-order valence-electron chi connectivity index (χ0n) is 7.73. The molecule has 2 nitrogen and oxygen atoms in total. The van der Waals surface area contributed by atoms with Gasteiger partial charge in [-0.15, -0.1) is 0 Å². The van der Waals surface area contributed by atoms with Crippen LogP contribution < -0.4 is 4.74 Å². The van der Waals surface area contributed by atoms with Gasteiger partial charge >= 0.3 is 0 Å². The van der Waals surface area contributed by atoms with Crippen LogP contribution in [0.2, 0.25) is 0 Å². The first-order valence-electron chi connectivity index (χ1n) is 4.64. The summed E-state index contributed by atoms with van der Waals surface area (Å²) in [5.41, 5.74) is 0.924. The van der Waals surface area contributed by atoms with E-state index in [1.54, 1.807) is 7.11 Å². The van der Waals surface area contributed by atoms with Crippen molar-refractivity contribution in [1.29, 1.82) is 0 Å². The molecule has 1 N–H and O–H groups in total. The van der Waals surface area contributed by atoms with Crippen molar-refractivity contribution in [3.05, 3.63) is 29.8 Å². The number of aliphatic hydroxyl groups excluding tert-OH is 1. The van der Waals surface area contributed by atoms with Crippen LogP contribution in [0.3, 0.4) is 0 Å². The quantitative estimate of drug-likeness (QED) is 0.768. The monoisotopic (exact) mass is 178 g/mol. The lowest BCUT2D eigenvalue weighted by molar-refractivity contribution is 0.150. The SMILES string of the molecule is COc1ccccc1[C@H](O)C1CC1. The van der Waals surface area contributed by atoms with E-state index in [-0.39, 0.29) is 6.10 Å². The normalized spacial score (nSPS) is 18.3. The molecular weight excluding hydrogens is 164 g/mol. The minimum atomic E-state index is -0.337. The average Bonchev–Trinajstić information content (AvgIpc) is 3.00. The summed E-state index contributed by atoms with van der Waals surface area (Å²) in [5.74, 6) is 1.25. The van der Waals surface area contributed by atoms with Crippen LogP contribution in [0.15, 0.2) is 24.3 Å². The van der Waals surface area contributed by atoms with E-state index in [0.717, 1.165) is 24.2 Å². The van der Waals surface area contributed by atoms with Gasteiger partial charge in [-0.3, -0.25) is 0 Å². The molecule has 0 aromatic heterocycles. The van der Waals surface area contributed by atoms with Gasteiger partial charge in [-0.1, -0.05) is 18.2 Å². The predicted molar refractivity (Wildman–Crippen MR) is 50.7 cm³/mol. The third kappa shape index (κ3) is 1.68. The van der Waals surface area contributed by atoms with Gasteiger partial charge in [0, 0.05) is 5.56 Å². The van der Waals surface area contributed by atoms with E-state index >= 15 is 0 Å². The Bertz CT molecular complexity index is 292. The van der Waals surface area contributed by atoms with Crippen molar-refractivity contribution in [2.75, 3.05) is 7.11 Å². The number of methoxy groups -OCH3 is 1. The minimum Gasteiger partial charge on any atom is -0.496 e. The van der Waals surface area contributed by atoms with Crippen LogP contribution >= 0.6 is 0 Å². The first-order valence-corrected chi connectivity index (χ1v) is 4.64. The van der Waals surface area contributed by atoms with E-state index in [1.807, 2.05) is 24.3 Å². The highest BCUT2D eigenvalue weighted by molar-refractivity contribution is 5.35. The second-order valence-electron chi connectivity index (χ2n) is 3.52. The van der Waals surface area contributed by atoms with Crippen molar-refractivity contribution in [2.45, 2.75) is 18.9 Å². The molecule has 1 fully saturated rings. The molecule has 2 rings (SSSR count). The number of hydrogen-bond donors (Lipinski definition) is 1. The fourth-order valence-corrected chi connectivity index (χ4v) is 1.58. The maximum atomic E-state index is 9.89. The molecular formula is C11H14O2. The lowest BCUT2D eigenvalue weighted by atomic mass is 10.0. The van der Waals surface area contributed by atoms with Crippen molar-refractivity contribution in [2.24, 2.45) is 5.92 Å². The molecule has 0 aliphatic heterocycles. The van der Waals surface area contributed by atoms with Gasteiger partial charge in [-0.25, -0.2) is 0 Å². The Morgan fingerprint density at radius 1 is 1.38 bits per heavy atom. The van der Waals surface area contributed by atoms with Crippen LogP contribution in [0.4, 0.5) is 0 Å². The van der Waals surface area contributed by atoms with Gasteiger partial charge in [-0.05, 0) is 24.8 Å². The minimum absolute atomic E-state index is 0.337. The van der Waals surface area contributed by atoms with E-state index in [4.69, 9.17) is 4.74 Å². The van der Waals surface area contributed by atoms with Gasteiger partial charge in [-0.2, -0.15) is 0 Å². The smallest absolute Gasteiger partial charge is 0.124 e. The van der Waals surface area contributed by atoms with E-state index in [0.29, 0.717) is 5.92 Å². The van der Waals surface area contributed by atoms with Crippen LogP contribution in [0.1, 0.15) is 24.5 Å². The maximum Gasteiger partial charge on any atom is 0.124 e. The van der Waals surface area contributed by atoms with Crippen LogP contribution in [-0.4, -0.2) is 12.2 Å². The lowest BCUT2D eigenvalue weighted by Gasteiger charge is -2.13. The Kier molecular flexibility index (Phi) is 2.23. The topological polar surface area (TPSA) is 29.5 Å². The summed E-state index contributed by atoms with van der Waals surface area (Å²) in [6.45, 7) is 0. The van der Waals surface area contributed by atoms with Crippen molar-refractivity contribution < 1.29 is 9.84 Å². The van der Waals surface area contributed by atoms with Gasteiger partial charge in [0.05, 0.1) is 13.2 Å². The summed E-state index contributed by atoms with van der Waals surface area (Å²) >= 11 is 0. The number of hydrogen-bond acceptors (Lipinski definition) is 2. The highest BCUT2D eigenvalue weighted by Crippen LogP contribution is 2.43. The van der Waals surface area contributed by atoms with Crippen molar-refractivity contribution >= 4 is 0 Å². The molecule has 0 heterocycles. The van der Waals surface area contributed by atoms with Gasteiger partial charge in [0.25, 0.3) is 0 Å². The molecule has 13 heavy (non-hydrogen) atoms. The van der Waals surface area contributed by atoms with Crippen LogP contribution in [0.25, 0.3) is 0 Å². The summed E-state index contributed by atoms with van der Waals surface area (Å²) < 4.78 is 5.18. The van der Waals surface area contributed by atoms with Gasteiger partial charge in [0.2, 0.25) is 0 Å². The molecule has 70 valence electrons. The van der Waals surface area contributed by atoms with E-state index < -0.39 is 0 Å². The molecule has 0 spiro atoms. The van der Waals surface area contributed by atoms with Crippen molar-refractivity contribution in [1.82, 2.24) is 0 Å². The van der Waals surface area contributed by atoms with Gasteiger partial charge in [0.15, 0.2) is 0 Å². The summed E-state index contributed by atoms with van der Waals surface area (Å²) in [4.78, 5) is 0. The average molecular weight is 178 g/mol. The molecule has 0 radical (unpaired) electrons. The molecule has 0 bridgehead atoms. The molecule has 2 heteroatoms. The second kappa shape index (κ2) is 3.38. The summed E-state index contributed by atoms with van der Waals surface area (Å²) in [6, 6.07) is 7.67. The molecule has 1 aliphatic carbocycles. The molecule has 1 aromatic rings. The first kappa shape index (κ1) is 8.57. The molecule has 1 atom stereocenters. The highest BCUT2D eigenvalue weighted by atomic mass is 16.5. The molecule has 0 amide bonds. The Hall–Kier alpha value is -1.02. The number of rotatable bonds is 3. The second-order valence-corrected chi connectivity index (χ2v) is 3.52. The van der Waals surface area contributed by atoms with Gasteiger partial charge < -0.3 is 9.84 Å². The first-order chi connectivity index (χ1) is 6.33. The lowest BCUT2D eigenvalue weighted by Crippen LogP contribution is -2.01. The third-order valence-corrected chi connectivity index (χ3v) is 2.53. The van der Waals surface area contributed by atoms with Crippen LogP contribution in [0, 0.1) is 5.92 Å². The summed E-state index contributed by atoms with van der Waals surface area (Å²) in [7, 11) is 1.64. The molecule has 1 aromatic carbocycles. The fourth-order valence-electron chi connectivity index (χ4n) is 1.58. The van der Waals surface area contributed by atoms with E-state index in [2.05, 4.69) is 0 Å². The maximum absolute atomic E-state index is 9.89. The van der Waals surface area contributed by atoms with E-state index in [1.165, 1.54) is 0 Å². The molecule has 1 saturated carbocycles. The fraction of sp³-hybridized carbons (Fsp3) is 0.455. The largest absolute Gasteiger partial charge is 0.496 e. The zero-order valence-corrected chi connectivity index (χ0v) is 7.73. The van der Waals surface area contributed by atoms with Crippen molar-refractivity contribution in [3.63, 3.8) is 0 Å². The van der Waals surface area contributed by atoms with Gasteiger partial charge in [0.1, 0.15) is 5.75 Å². The standard InChI is InChI=1S/C11H14O2/c1-13-10-5-3-2-4-9(10)11(12)8-6-7-8/h2-5,8,11-12H,6-7H2,1H3/t11-/m1/s1. The number of para-hydroxylation sites is 1. The predicted octanol–water partition coefficient (Wildman–Crippen LogP) is 2.14. The molecule has 0 saturated heterocycles. The summed E-state index contributed by atoms with van der Waals surface area (Å²) in [5, 5.41) is 9.89. The Morgan fingerprint density at radius 2 is 2.08 bits per heavy atom. The Balaban J connectivity index is 2.26. The Morgan fingerprint density at radius 3 is 2.69 bits per heavy atom. The summed E-state index contributed by atoms with van der Waals surface area (Å²) in [6.07, 6.45) is 1.94. The number of benzene rings is 1. The number of ether oxygens (including phenoxy) is 1.